The molecule has 4 N–H and O–H groups in total. The molecule has 0 unspecified atom stereocenters. The zero-order valence-electron chi connectivity index (χ0n) is 26.5. The second kappa shape index (κ2) is 16.1. The second-order valence-electron chi connectivity index (χ2n) is 11.3. The number of guanidine groups is 1. The maximum Gasteiger partial charge on any atom is 0.407 e. The quantitative estimate of drug-likeness (QED) is 0.0404. The monoisotopic (exact) mass is 651 g/mol. The molecule has 0 spiro atoms. The fourth-order valence-corrected chi connectivity index (χ4v) is 5.44. The lowest BCUT2D eigenvalue weighted by molar-refractivity contribution is -0.525. The van der Waals surface area contributed by atoms with Crippen molar-refractivity contribution in [3.63, 3.8) is 0 Å². The molecule has 1 aliphatic carbocycles. The van der Waals surface area contributed by atoms with E-state index >= 15 is 0 Å². The number of aliphatic imine (C=N–C) groups is 1. The summed E-state index contributed by atoms with van der Waals surface area (Å²) in [5.41, 5.74) is 14.5. The summed E-state index contributed by atoms with van der Waals surface area (Å²) >= 11 is 0. The SMILES string of the molecule is Cc1ccc(COc2ccc(COC(=O)[C@H](CCCN=C(N)N[N+](=O)[O-])NC(=O)OCC3c4ccccc4-c4ccccc43)cc2)cc1. The van der Waals surface area contributed by atoms with Crippen LogP contribution in [0.4, 0.5) is 4.79 Å². The molecule has 0 aliphatic heterocycles. The molecule has 0 saturated heterocycles. The molecular weight excluding hydrogens is 614 g/mol. The normalized spacial score (nSPS) is 12.7. The van der Waals surface area contributed by atoms with Crippen molar-refractivity contribution in [1.82, 2.24) is 10.7 Å². The van der Waals surface area contributed by atoms with Crippen molar-refractivity contribution < 1.29 is 28.8 Å². The fraction of sp³-hybridized carbons (Fsp3) is 0.250. The van der Waals surface area contributed by atoms with Gasteiger partial charge in [-0.2, -0.15) is 0 Å². The largest absolute Gasteiger partial charge is 0.489 e. The average Bonchev–Trinajstić information content (AvgIpc) is 3.41. The van der Waals surface area contributed by atoms with E-state index in [-0.39, 0.29) is 44.5 Å². The van der Waals surface area contributed by atoms with Crippen molar-refractivity contribution in [2.45, 2.75) is 44.9 Å². The van der Waals surface area contributed by atoms with Gasteiger partial charge in [0.25, 0.3) is 5.96 Å². The van der Waals surface area contributed by atoms with Gasteiger partial charge in [-0.25, -0.2) is 24.7 Å². The van der Waals surface area contributed by atoms with Crippen LogP contribution in [0, 0.1) is 17.0 Å². The molecule has 0 fully saturated rings. The number of esters is 1. The number of benzene rings is 4. The molecule has 12 nitrogen and oxygen atoms in total. The van der Waals surface area contributed by atoms with Crippen molar-refractivity contribution in [2.75, 3.05) is 13.2 Å². The molecule has 1 aliphatic rings. The van der Waals surface area contributed by atoms with Gasteiger partial charge in [0.2, 0.25) is 0 Å². The molecule has 0 radical (unpaired) electrons. The van der Waals surface area contributed by atoms with Crippen LogP contribution in [0.25, 0.3) is 11.1 Å². The molecule has 5 rings (SSSR count). The van der Waals surface area contributed by atoms with E-state index in [0.29, 0.717) is 12.4 Å². The predicted molar refractivity (Wildman–Crippen MR) is 180 cm³/mol. The molecule has 1 amide bonds. The Morgan fingerprint density at radius 3 is 2.12 bits per heavy atom. The topological polar surface area (TPSA) is 167 Å². The van der Waals surface area contributed by atoms with E-state index in [1.807, 2.05) is 79.7 Å². The lowest BCUT2D eigenvalue weighted by Gasteiger charge is -2.19. The number of carbonyl (C=O) groups excluding carboxylic acids is 2. The number of ether oxygens (including phenoxy) is 3. The third kappa shape index (κ3) is 9.09. The van der Waals surface area contributed by atoms with Crippen LogP contribution in [0.5, 0.6) is 5.75 Å². The Labute approximate surface area is 278 Å². The minimum absolute atomic E-state index is 0.0300. The molecule has 0 aromatic heterocycles. The second-order valence-corrected chi connectivity index (χ2v) is 11.3. The highest BCUT2D eigenvalue weighted by atomic mass is 16.7. The number of carbonyl (C=O) groups is 2. The van der Waals surface area contributed by atoms with Crippen molar-refractivity contribution >= 4 is 18.0 Å². The molecule has 4 aromatic rings. The van der Waals surface area contributed by atoms with Crippen LogP contribution in [0.2, 0.25) is 0 Å². The van der Waals surface area contributed by atoms with Gasteiger partial charge in [-0.05, 0) is 65.3 Å². The first-order valence-electron chi connectivity index (χ1n) is 15.5. The van der Waals surface area contributed by atoms with Gasteiger partial charge in [-0.1, -0.05) is 95.9 Å². The van der Waals surface area contributed by atoms with E-state index in [9.17, 15) is 19.7 Å². The number of hydrogen-bond acceptors (Lipinski definition) is 8. The molecule has 48 heavy (non-hydrogen) atoms. The zero-order chi connectivity index (χ0) is 33.9. The molecule has 0 bridgehead atoms. The van der Waals surface area contributed by atoms with E-state index in [1.54, 1.807) is 29.7 Å². The first kappa shape index (κ1) is 33.5. The lowest BCUT2D eigenvalue weighted by Crippen LogP contribution is -2.42. The van der Waals surface area contributed by atoms with Gasteiger partial charge in [0.15, 0.2) is 5.03 Å². The summed E-state index contributed by atoms with van der Waals surface area (Å²) < 4.78 is 17.1. The van der Waals surface area contributed by atoms with Crippen LogP contribution < -0.4 is 21.2 Å². The fourth-order valence-electron chi connectivity index (χ4n) is 5.44. The van der Waals surface area contributed by atoms with Crippen LogP contribution in [0.1, 0.15) is 46.6 Å². The number of rotatable bonds is 14. The van der Waals surface area contributed by atoms with Gasteiger partial charge in [0.1, 0.15) is 31.6 Å². The third-order valence-corrected chi connectivity index (χ3v) is 7.89. The van der Waals surface area contributed by atoms with Crippen LogP contribution >= 0.6 is 0 Å². The summed E-state index contributed by atoms with van der Waals surface area (Å²) in [6.07, 6.45) is -0.368. The standard InChI is InChI=1S/C36H37N5O7/c1-24-12-14-25(15-13-24)21-46-27-18-16-26(17-19-27)22-47-34(42)33(11-6-20-38-35(37)40-41(44)45)39-36(43)48-23-32-30-9-4-2-7-28(30)29-8-3-5-10-31(29)32/h2-5,7-10,12-19,32-33H,6,11,20-23H2,1H3,(H,39,43)(H3,37,38,40)/t33-/m0/s1. The number of nitrogens with two attached hydrogens (primary N) is 1. The molecule has 1 atom stereocenters. The number of nitro groups is 1. The van der Waals surface area contributed by atoms with Gasteiger partial charge >= 0.3 is 12.1 Å². The Hall–Kier alpha value is -5.91. The summed E-state index contributed by atoms with van der Waals surface area (Å²) in [5.74, 6) is -0.505. The Kier molecular flexibility index (Phi) is 11.2. The lowest BCUT2D eigenvalue weighted by atomic mass is 9.98. The summed E-state index contributed by atoms with van der Waals surface area (Å²) in [7, 11) is 0. The third-order valence-electron chi connectivity index (χ3n) is 7.89. The van der Waals surface area contributed by atoms with Crippen LogP contribution in [-0.2, 0) is 27.5 Å². The Balaban J connectivity index is 1.17. The van der Waals surface area contributed by atoms with E-state index in [4.69, 9.17) is 19.9 Å². The van der Waals surface area contributed by atoms with Crippen molar-refractivity contribution in [2.24, 2.45) is 10.7 Å². The number of hydrogen-bond donors (Lipinski definition) is 3. The Bertz CT molecular complexity index is 1710. The molecule has 248 valence electrons. The van der Waals surface area contributed by atoms with Crippen LogP contribution in [0.15, 0.2) is 102 Å². The highest BCUT2D eigenvalue weighted by Gasteiger charge is 2.30. The minimum atomic E-state index is -1.06. The number of alkyl carbamates (subject to hydrolysis) is 1. The highest BCUT2D eigenvalue weighted by molar-refractivity contribution is 5.82. The number of nitrogens with zero attached hydrogens (tertiary/aromatic N) is 2. The molecule has 0 heterocycles. The van der Waals surface area contributed by atoms with Crippen molar-refractivity contribution in [1.29, 1.82) is 0 Å². The predicted octanol–water partition coefficient (Wildman–Crippen LogP) is 5.40. The molecule has 0 saturated carbocycles. The van der Waals surface area contributed by atoms with E-state index in [2.05, 4.69) is 10.3 Å². The summed E-state index contributed by atoms with van der Waals surface area (Å²) in [5, 5.41) is 12.4. The number of amides is 1. The van der Waals surface area contributed by atoms with E-state index in [1.165, 1.54) is 5.56 Å². The minimum Gasteiger partial charge on any atom is -0.489 e. The maximum absolute atomic E-state index is 13.2. The van der Waals surface area contributed by atoms with Gasteiger partial charge in [0.05, 0.1) is 0 Å². The van der Waals surface area contributed by atoms with E-state index < -0.39 is 23.1 Å². The number of aryl methyl sites for hydroxylation is 1. The molecule has 4 aromatic carbocycles. The summed E-state index contributed by atoms with van der Waals surface area (Å²) in [4.78, 5) is 40.6. The van der Waals surface area contributed by atoms with Gasteiger partial charge in [0, 0.05) is 12.5 Å². The molecule has 12 heteroatoms. The van der Waals surface area contributed by atoms with Crippen LogP contribution in [-0.4, -0.2) is 42.2 Å². The van der Waals surface area contributed by atoms with Gasteiger partial charge < -0.3 is 25.3 Å². The molecular formula is C36H37N5O7. The van der Waals surface area contributed by atoms with Crippen molar-refractivity contribution in [3.05, 3.63) is 135 Å². The first-order valence-corrected chi connectivity index (χ1v) is 15.5. The smallest absolute Gasteiger partial charge is 0.407 e. The number of fused-ring (bicyclic) bond motifs is 3. The van der Waals surface area contributed by atoms with E-state index in [0.717, 1.165) is 33.4 Å². The van der Waals surface area contributed by atoms with Gasteiger partial charge in [-0.15, -0.1) is 0 Å². The Morgan fingerprint density at radius 2 is 1.48 bits per heavy atom. The van der Waals surface area contributed by atoms with Crippen molar-refractivity contribution in [3.8, 4) is 16.9 Å². The maximum atomic E-state index is 13.2. The first-order chi connectivity index (χ1) is 23.3. The highest BCUT2D eigenvalue weighted by Crippen LogP contribution is 2.44. The Morgan fingerprint density at radius 1 is 0.875 bits per heavy atom. The summed E-state index contributed by atoms with van der Waals surface area (Å²) in [6.45, 7) is 2.58. The summed E-state index contributed by atoms with van der Waals surface area (Å²) in [6, 6.07) is 30.2. The average molecular weight is 652 g/mol. The van der Waals surface area contributed by atoms with Gasteiger partial charge in [-0.3, -0.25) is 0 Å². The zero-order valence-corrected chi connectivity index (χ0v) is 26.5. The number of hydrazine groups is 1. The number of nitrogens with one attached hydrogen (secondary N) is 2. The van der Waals surface area contributed by atoms with Crippen LogP contribution in [0.3, 0.4) is 0 Å².